The van der Waals surface area contributed by atoms with Crippen LogP contribution >= 0.6 is 15.9 Å². The first-order valence-electron chi connectivity index (χ1n) is 8.02. The number of aromatic nitrogens is 1. The van der Waals surface area contributed by atoms with Crippen molar-refractivity contribution in [2.45, 2.75) is 5.92 Å². The third-order valence-electron chi connectivity index (χ3n) is 4.52. The molecule has 26 heavy (non-hydrogen) atoms. The zero-order valence-corrected chi connectivity index (χ0v) is 15.8. The fourth-order valence-corrected chi connectivity index (χ4v) is 3.67. The second-order valence-corrected chi connectivity index (χ2v) is 6.87. The van der Waals surface area contributed by atoms with Gasteiger partial charge in [-0.15, -0.1) is 0 Å². The van der Waals surface area contributed by atoms with Gasteiger partial charge in [-0.2, -0.15) is 0 Å². The first-order valence-corrected chi connectivity index (χ1v) is 8.81. The summed E-state index contributed by atoms with van der Waals surface area (Å²) in [5.74, 6) is -0.333. The van der Waals surface area contributed by atoms with Crippen molar-refractivity contribution in [2.24, 2.45) is 0 Å². The molecule has 6 heteroatoms. The van der Waals surface area contributed by atoms with Crippen molar-refractivity contribution in [1.29, 1.82) is 0 Å². The SMILES string of the molecule is COC(=O)C(c1cc(OC)c2occc2c1)c1c[nH]c2cc(Br)ccc12. The van der Waals surface area contributed by atoms with E-state index < -0.39 is 5.92 Å². The monoisotopic (exact) mass is 413 g/mol. The summed E-state index contributed by atoms with van der Waals surface area (Å²) in [5, 5.41) is 1.84. The van der Waals surface area contributed by atoms with Crippen molar-refractivity contribution in [2.75, 3.05) is 14.2 Å². The largest absolute Gasteiger partial charge is 0.493 e. The van der Waals surface area contributed by atoms with E-state index in [1.165, 1.54) is 7.11 Å². The number of furan rings is 1. The van der Waals surface area contributed by atoms with Gasteiger partial charge in [0.2, 0.25) is 0 Å². The molecule has 1 unspecified atom stereocenters. The van der Waals surface area contributed by atoms with E-state index in [2.05, 4.69) is 20.9 Å². The quantitative estimate of drug-likeness (QED) is 0.478. The van der Waals surface area contributed by atoms with Crippen molar-refractivity contribution < 1.29 is 18.7 Å². The molecule has 2 aromatic heterocycles. The number of rotatable bonds is 4. The second-order valence-electron chi connectivity index (χ2n) is 5.95. The molecule has 132 valence electrons. The molecule has 0 fully saturated rings. The Kier molecular flexibility index (Phi) is 4.20. The Morgan fingerprint density at radius 1 is 1.19 bits per heavy atom. The predicted molar refractivity (Wildman–Crippen MR) is 103 cm³/mol. The maximum absolute atomic E-state index is 12.7. The fraction of sp³-hybridized carbons (Fsp3) is 0.150. The van der Waals surface area contributed by atoms with Crippen LogP contribution in [-0.2, 0) is 9.53 Å². The molecule has 0 amide bonds. The molecule has 0 spiro atoms. The van der Waals surface area contributed by atoms with Gasteiger partial charge in [-0.25, -0.2) is 0 Å². The normalized spacial score (nSPS) is 12.4. The average Bonchev–Trinajstić information content (AvgIpc) is 3.28. The molecule has 4 rings (SSSR count). The number of hydrogen-bond donors (Lipinski definition) is 1. The number of nitrogens with one attached hydrogen (secondary N) is 1. The molecule has 4 aromatic rings. The zero-order valence-electron chi connectivity index (χ0n) is 14.2. The number of fused-ring (bicyclic) bond motifs is 2. The minimum absolute atomic E-state index is 0.335. The van der Waals surface area contributed by atoms with Gasteiger partial charge in [-0.3, -0.25) is 4.79 Å². The number of esters is 1. The van der Waals surface area contributed by atoms with Crippen LogP contribution in [-0.4, -0.2) is 25.2 Å². The lowest BCUT2D eigenvalue weighted by molar-refractivity contribution is -0.141. The number of ether oxygens (including phenoxy) is 2. The Hall–Kier alpha value is -2.73. The lowest BCUT2D eigenvalue weighted by atomic mass is 9.90. The highest BCUT2D eigenvalue weighted by Gasteiger charge is 2.28. The van der Waals surface area contributed by atoms with E-state index >= 15 is 0 Å². The Balaban J connectivity index is 1.94. The lowest BCUT2D eigenvalue weighted by Gasteiger charge is -2.16. The number of halogens is 1. The third-order valence-corrected chi connectivity index (χ3v) is 5.01. The van der Waals surface area contributed by atoms with Gasteiger partial charge in [0.05, 0.1) is 20.5 Å². The number of aromatic amines is 1. The van der Waals surface area contributed by atoms with Gasteiger partial charge in [0.25, 0.3) is 0 Å². The van der Waals surface area contributed by atoms with Crippen molar-refractivity contribution in [1.82, 2.24) is 4.98 Å². The second kappa shape index (κ2) is 6.53. The van der Waals surface area contributed by atoms with E-state index in [9.17, 15) is 4.79 Å². The fourth-order valence-electron chi connectivity index (χ4n) is 3.31. The standard InChI is InChI=1S/C20H16BrNO4/c1-24-17-8-12(7-11-5-6-26-19(11)17)18(20(23)25-2)15-10-22-16-9-13(21)3-4-14(15)16/h3-10,18,22H,1-2H3. The molecule has 0 saturated carbocycles. The maximum Gasteiger partial charge on any atom is 0.317 e. The summed E-state index contributed by atoms with van der Waals surface area (Å²) in [4.78, 5) is 15.9. The molecule has 0 aliphatic heterocycles. The zero-order chi connectivity index (χ0) is 18.3. The average molecular weight is 414 g/mol. The van der Waals surface area contributed by atoms with Gasteiger partial charge in [0.15, 0.2) is 11.3 Å². The molecule has 5 nitrogen and oxygen atoms in total. The summed E-state index contributed by atoms with van der Waals surface area (Å²) >= 11 is 3.47. The van der Waals surface area contributed by atoms with Gasteiger partial charge in [0.1, 0.15) is 5.92 Å². The van der Waals surface area contributed by atoms with Crippen LogP contribution in [0.25, 0.3) is 21.9 Å². The molecule has 0 aliphatic rings. The molecular formula is C20H16BrNO4. The Bertz CT molecular complexity index is 1110. The molecule has 1 N–H and O–H groups in total. The van der Waals surface area contributed by atoms with Crippen molar-refractivity contribution >= 4 is 43.8 Å². The molecule has 0 radical (unpaired) electrons. The molecule has 1 atom stereocenters. The number of benzene rings is 2. The van der Waals surface area contributed by atoms with Crippen LogP contribution < -0.4 is 4.74 Å². The lowest BCUT2D eigenvalue weighted by Crippen LogP contribution is -2.15. The van der Waals surface area contributed by atoms with Crippen LogP contribution in [0.3, 0.4) is 0 Å². The summed E-state index contributed by atoms with van der Waals surface area (Å²) < 4.78 is 17.0. The van der Waals surface area contributed by atoms with E-state index in [0.717, 1.165) is 31.9 Å². The van der Waals surface area contributed by atoms with Crippen LogP contribution in [0.2, 0.25) is 0 Å². The molecule has 0 aliphatic carbocycles. The summed E-state index contributed by atoms with van der Waals surface area (Å²) in [5.41, 5.74) is 3.23. The third kappa shape index (κ3) is 2.66. The molecule has 2 heterocycles. The van der Waals surface area contributed by atoms with Gasteiger partial charge in [-0.1, -0.05) is 22.0 Å². The van der Waals surface area contributed by atoms with Crippen molar-refractivity contribution in [3.63, 3.8) is 0 Å². The number of H-pyrrole nitrogens is 1. The summed E-state index contributed by atoms with van der Waals surface area (Å²) in [7, 11) is 2.98. The highest BCUT2D eigenvalue weighted by atomic mass is 79.9. The van der Waals surface area contributed by atoms with Gasteiger partial charge >= 0.3 is 5.97 Å². The predicted octanol–water partition coefficient (Wildman–Crippen LogP) is 4.99. The summed E-state index contributed by atoms with van der Waals surface area (Å²) in [6, 6.07) is 11.5. The molecular weight excluding hydrogens is 398 g/mol. The molecule has 0 saturated heterocycles. The van der Waals surface area contributed by atoms with Gasteiger partial charge < -0.3 is 18.9 Å². The van der Waals surface area contributed by atoms with Crippen molar-refractivity contribution in [3.05, 3.63) is 64.5 Å². The number of methoxy groups -OCH3 is 2. The number of carbonyl (C=O) groups excluding carboxylic acids is 1. The van der Waals surface area contributed by atoms with E-state index in [1.54, 1.807) is 13.4 Å². The molecule has 0 bridgehead atoms. The van der Waals surface area contributed by atoms with Crippen LogP contribution in [0, 0.1) is 0 Å². The van der Waals surface area contributed by atoms with E-state index in [0.29, 0.717) is 11.3 Å². The topological polar surface area (TPSA) is 64.5 Å². The first-order chi connectivity index (χ1) is 12.6. The van der Waals surface area contributed by atoms with Crippen LogP contribution in [0.15, 0.2) is 57.7 Å². The Morgan fingerprint density at radius 3 is 2.81 bits per heavy atom. The van der Waals surface area contributed by atoms with E-state index in [1.807, 2.05) is 42.6 Å². The maximum atomic E-state index is 12.7. The number of carbonyl (C=O) groups is 1. The highest BCUT2D eigenvalue weighted by molar-refractivity contribution is 9.10. The first kappa shape index (κ1) is 16.7. The van der Waals surface area contributed by atoms with Gasteiger partial charge in [0, 0.05) is 27.0 Å². The number of hydrogen-bond acceptors (Lipinski definition) is 4. The Morgan fingerprint density at radius 2 is 2.04 bits per heavy atom. The van der Waals surface area contributed by atoms with Gasteiger partial charge in [-0.05, 0) is 41.5 Å². The van der Waals surface area contributed by atoms with Crippen molar-refractivity contribution in [3.8, 4) is 5.75 Å². The molecule has 2 aromatic carbocycles. The minimum Gasteiger partial charge on any atom is -0.493 e. The van der Waals surface area contributed by atoms with E-state index in [-0.39, 0.29) is 5.97 Å². The van der Waals surface area contributed by atoms with E-state index in [4.69, 9.17) is 13.9 Å². The summed E-state index contributed by atoms with van der Waals surface area (Å²) in [6.07, 6.45) is 3.46. The smallest absolute Gasteiger partial charge is 0.317 e. The Labute approximate surface area is 158 Å². The van der Waals surface area contributed by atoms with Crippen LogP contribution in [0.1, 0.15) is 17.0 Å². The minimum atomic E-state index is -0.580. The highest BCUT2D eigenvalue weighted by Crippen LogP contribution is 2.37. The van der Waals surface area contributed by atoms with Crippen LogP contribution in [0.4, 0.5) is 0 Å². The summed E-state index contributed by atoms with van der Waals surface area (Å²) in [6.45, 7) is 0. The van der Waals surface area contributed by atoms with Crippen LogP contribution in [0.5, 0.6) is 5.75 Å².